The van der Waals surface area contributed by atoms with E-state index in [0.717, 1.165) is 50.1 Å². The molecule has 0 radical (unpaired) electrons. The van der Waals surface area contributed by atoms with E-state index >= 15 is 0 Å². The van der Waals surface area contributed by atoms with Gasteiger partial charge in [0.2, 0.25) is 0 Å². The molecule has 0 spiro atoms. The zero-order valence-corrected chi connectivity index (χ0v) is 28.9. The normalized spacial score (nSPS) is 14.3. The highest BCUT2D eigenvalue weighted by molar-refractivity contribution is 6.13. The van der Waals surface area contributed by atoms with Crippen molar-refractivity contribution in [1.29, 1.82) is 0 Å². The second kappa shape index (κ2) is 12.7. The van der Waals surface area contributed by atoms with Gasteiger partial charge in [0, 0.05) is 44.0 Å². The third-order valence-corrected chi connectivity index (χ3v) is 10.2. The summed E-state index contributed by atoms with van der Waals surface area (Å²) < 4.78 is 4.28. The highest BCUT2D eigenvalue weighted by atomic mass is 16.1. The average molecular weight is 698 g/mol. The first-order valence-corrected chi connectivity index (χ1v) is 17.9. The minimum Gasteiger partial charge on any atom is -0.344 e. The molecule has 7 nitrogen and oxygen atoms in total. The Bertz CT molecular complexity index is 2990. The molecule has 1 unspecified atom stereocenters. The van der Waals surface area contributed by atoms with Gasteiger partial charge in [-0.15, -0.1) is 0 Å². The Kier molecular flexibility index (Phi) is 7.37. The molecule has 1 atom stereocenters. The van der Waals surface area contributed by atoms with Crippen LogP contribution in [0, 0.1) is 0 Å². The number of nitrogens with one attached hydrogen (secondary N) is 1. The predicted molar refractivity (Wildman–Crippen MR) is 219 cm³/mol. The molecule has 0 bridgehead atoms. The summed E-state index contributed by atoms with van der Waals surface area (Å²) in [5.74, 6) is 1.32. The van der Waals surface area contributed by atoms with Crippen molar-refractivity contribution in [2.75, 3.05) is 0 Å². The highest BCUT2D eigenvalue weighted by Crippen LogP contribution is 2.28. The van der Waals surface area contributed by atoms with Crippen LogP contribution in [0.2, 0.25) is 0 Å². The van der Waals surface area contributed by atoms with Crippen molar-refractivity contribution in [3.63, 3.8) is 0 Å². The number of nitrogens with zero attached hydrogens (tertiary/aromatic N) is 4. The maximum atomic E-state index is 13.4. The summed E-state index contributed by atoms with van der Waals surface area (Å²) in [6.45, 7) is 0. The second-order valence-electron chi connectivity index (χ2n) is 13.4. The zero-order valence-electron chi connectivity index (χ0n) is 28.9. The van der Waals surface area contributed by atoms with Crippen molar-refractivity contribution >= 4 is 55.3 Å². The van der Waals surface area contributed by atoms with Gasteiger partial charge in [-0.2, -0.15) is 0 Å². The fraction of sp³-hybridized carbons (Fsp3) is 0.0213. The molecule has 3 heterocycles. The molecule has 0 saturated heterocycles. The number of aliphatic imine (C=N–C) groups is 2. The lowest BCUT2D eigenvalue weighted by molar-refractivity contribution is 0.674. The smallest absolute Gasteiger partial charge is 0.197 e. The third-order valence-electron chi connectivity index (χ3n) is 10.2. The lowest BCUT2D eigenvalue weighted by Crippen LogP contribution is -2.33. The number of fused-ring (bicyclic) bond motifs is 4. The molecule has 10 rings (SSSR count). The molecule has 54 heavy (non-hydrogen) atoms. The molecule has 0 aliphatic carbocycles. The van der Waals surface area contributed by atoms with Crippen molar-refractivity contribution < 1.29 is 0 Å². The molecule has 0 fully saturated rings. The van der Waals surface area contributed by atoms with Crippen LogP contribution < -0.4 is 16.2 Å². The molecule has 256 valence electrons. The number of hydrogen-bond donors (Lipinski definition) is 1. The summed E-state index contributed by atoms with van der Waals surface area (Å²) in [6, 6.07) is 57.6. The van der Waals surface area contributed by atoms with Crippen LogP contribution in [-0.4, -0.2) is 20.8 Å². The van der Waals surface area contributed by atoms with Gasteiger partial charge in [0.25, 0.3) is 0 Å². The van der Waals surface area contributed by atoms with Gasteiger partial charge < -0.3 is 14.5 Å². The SMILES string of the molecule is O=c1c2ccccc2n(-c2ccc(C3=NC(c4ccccc4)NC(c4ccc(-n5c6ccccc6c(=O)c6ccccc65)cc4)=N3)cc2)c2ccccc12. The van der Waals surface area contributed by atoms with Crippen LogP contribution in [0.1, 0.15) is 22.9 Å². The largest absolute Gasteiger partial charge is 0.344 e. The Morgan fingerprint density at radius 1 is 0.426 bits per heavy atom. The van der Waals surface area contributed by atoms with E-state index in [1.54, 1.807) is 0 Å². The monoisotopic (exact) mass is 697 g/mol. The first-order valence-electron chi connectivity index (χ1n) is 17.9. The van der Waals surface area contributed by atoms with Gasteiger partial charge in [0.15, 0.2) is 16.7 Å². The first-order chi connectivity index (χ1) is 26.6. The molecule has 0 saturated carbocycles. The van der Waals surface area contributed by atoms with Gasteiger partial charge in [0.1, 0.15) is 12.0 Å². The molecule has 7 heteroatoms. The van der Waals surface area contributed by atoms with E-state index in [1.165, 1.54) is 0 Å². The maximum Gasteiger partial charge on any atom is 0.197 e. The molecular weight excluding hydrogens is 667 g/mol. The number of rotatable bonds is 5. The quantitative estimate of drug-likeness (QED) is 0.182. The van der Waals surface area contributed by atoms with Crippen LogP contribution in [0.3, 0.4) is 0 Å². The summed E-state index contributed by atoms with van der Waals surface area (Å²) in [5, 5.41) is 6.29. The van der Waals surface area contributed by atoms with Crippen molar-refractivity contribution in [1.82, 2.24) is 14.5 Å². The number of para-hydroxylation sites is 4. The summed E-state index contributed by atoms with van der Waals surface area (Å²) in [6.07, 6.45) is -0.355. The lowest BCUT2D eigenvalue weighted by Gasteiger charge is -2.24. The summed E-state index contributed by atoms with van der Waals surface area (Å²) in [4.78, 5) is 36.9. The molecule has 0 amide bonds. The third kappa shape index (κ3) is 5.13. The van der Waals surface area contributed by atoms with Gasteiger partial charge in [0.05, 0.1) is 22.1 Å². The summed E-state index contributed by atoms with van der Waals surface area (Å²) >= 11 is 0. The molecule has 1 aliphatic rings. The van der Waals surface area contributed by atoms with Crippen LogP contribution in [-0.2, 0) is 0 Å². The van der Waals surface area contributed by atoms with E-state index in [-0.39, 0.29) is 17.0 Å². The number of benzene rings is 7. The molecule has 1 N–H and O–H groups in total. The molecule has 2 aromatic heterocycles. The Morgan fingerprint density at radius 2 is 0.815 bits per heavy atom. The van der Waals surface area contributed by atoms with Gasteiger partial charge >= 0.3 is 0 Å². The van der Waals surface area contributed by atoms with Gasteiger partial charge in [-0.1, -0.05) is 78.9 Å². The van der Waals surface area contributed by atoms with E-state index in [4.69, 9.17) is 9.98 Å². The molecule has 7 aromatic carbocycles. The van der Waals surface area contributed by atoms with Gasteiger partial charge in [-0.05, 0) is 103 Å². The van der Waals surface area contributed by atoms with Crippen LogP contribution in [0.25, 0.3) is 55.0 Å². The molecular formula is C47H31N5O2. The molecule has 1 aliphatic heterocycles. The van der Waals surface area contributed by atoms with Crippen molar-refractivity contribution in [2.24, 2.45) is 9.98 Å². The van der Waals surface area contributed by atoms with E-state index in [0.29, 0.717) is 33.2 Å². The van der Waals surface area contributed by atoms with Crippen molar-refractivity contribution in [3.8, 4) is 11.4 Å². The Balaban J connectivity index is 1.06. The predicted octanol–water partition coefficient (Wildman–Crippen LogP) is 9.10. The summed E-state index contributed by atoms with van der Waals surface area (Å²) in [7, 11) is 0. The van der Waals surface area contributed by atoms with E-state index in [2.05, 4.69) is 63.0 Å². The first kappa shape index (κ1) is 31.4. The van der Waals surface area contributed by atoms with Crippen molar-refractivity contribution in [3.05, 3.63) is 213 Å². The highest BCUT2D eigenvalue weighted by Gasteiger charge is 2.22. The zero-order chi connectivity index (χ0) is 36.2. The molecule has 9 aromatic rings. The fourth-order valence-electron chi connectivity index (χ4n) is 7.61. The Morgan fingerprint density at radius 3 is 1.26 bits per heavy atom. The van der Waals surface area contributed by atoms with Crippen LogP contribution in [0.15, 0.2) is 195 Å². The number of amidine groups is 2. The van der Waals surface area contributed by atoms with E-state index in [1.807, 2.05) is 127 Å². The standard InChI is InChI=1S/C47H31N5O2/c53-43-35-14-4-8-18-39(35)51(40-19-9-5-15-36(40)43)33-26-22-31(23-27-33)46-48-45(30-12-2-1-3-13-30)49-47(50-46)32-24-28-34(29-25-32)52-41-20-10-6-16-37(41)44(54)38-17-7-11-21-42(38)52/h1-29,45H,(H,48,49,50). The van der Waals surface area contributed by atoms with E-state index in [9.17, 15) is 9.59 Å². The Hall–Kier alpha value is -7.38. The van der Waals surface area contributed by atoms with Crippen LogP contribution in [0.5, 0.6) is 0 Å². The van der Waals surface area contributed by atoms with Crippen LogP contribution >= 0.6 is 0 Å². The number of pyridine rings is 2. The van der Waals surface area contributed by atoms with Crippen LogP contribution in [0.4, 0.5) is 0 Å². The summed E-state index contributed by atoms with van der Waals surface area (Å²) in [5.41, 5.74) is 8.14. The van der Waals surface area contributed by atoms with Crippen molar-refractivity contribution in [2.45, 2.75) is 6.17 Å². The number of aromatic nitrogens is 2. The van der Waals surface area contributed by atoms with Gasteiger partial charge in [-0.25, -0.2) is 9.98 Å². The minimum atomic E-state index is -0.355. The number of hydrogen-bond acceptors (Lipinski definition) is 5. The average Bonchev–Trinajstić information content (AvgIpc) is 3.24. The lowest BCUT2D eigenvalue weighted by atomic mass is 10.1. The minimum absolute atomic E-state index is 0.0284. The van der Waals surface area contributed by atoms with Gasteiger partial charge in [-0.3, -0.25) is 9.59 Å². The second-order valence-corrected chi connectivity index (χ2v) is 13.4. The Labute approximate surface area is 309 Å². The van der Waals surface area contributed by atoms with E-state index < -0.39 is 0 Å². The maximum absolute atomic E-state index is 13.4. The topological polar surface area (TPSA) is 80.8 Å². The fourth-order valence-corrected chi connectivity index (χ4v) is 7.61.